The lowest BCUT2D eigenvalue weighted by atomic mass is 10.2. The zero-order chi connectivity index (χ0) is 19.2. The maximum atomic E-state index is 12.7. The predicted molar refractivity (Wildman–Crippen MR) is 106 cm³/mol. The molecule has 28 heavy (non-hydrogen) atoms. The van der Waals surface area contributed by atoms with Crippen LogP contribution >= 0.6 is 0 Å². The lowest BCUT2D eigenvalue weighted by Gasteiger charge is -2.35. The molecule has 1 saturated heterocycles. The first-order valence-electron chi connectivity index (χ1n) is 9.21. The van der Waals surface area contributed by atoms with Crippen molar-refractivity contribution in [3.8, 4) is 0 Å². The van der Waals surface area contributed by atoms with Gasteiger partial charge in [-0.1, -0.05) is 6.07 Å². The fourth-order valence-corrected chi connectivity index (χ4v) is 3.08. The zero-order valence-electron chi connectivity index (χ0n) is 15.4. The molecule has 0 radical (unpaired) electrons. The van der Waals surface area contributed by atoms with Gasteiger partial charge < -0.3 is 15.1 Å². The van der Waals surface area contributed by atoms with Gasteiger partial charge in [0.15, 0.2) is 5.69 Å². The molecule has 8 heteroatoms. The number of carbonyl (C=O) groups excluding carboxylic acids is 1. The molecule has 1 aliphatic rings. The van der Waals surface area contributed by atoms with Gasteiger partial charge in [0.1, 0.15) is 11.6 Å². The van der Waals surface area contributed by atoms with Crippen molar-refractivity contribution in [3.05, 3.63) is 72.3 Å². The number of piperazine rings is 1. The minimum absolute atomic E-state index is 0.0890. The topological polar surface area (TPSA) is 87.1 Å². The van der Waals surface area contributed by atoms with E-state index >= 15 is 0 Å². The van der Waals surface area contributed by atoms with E-state index in [9.17, 15) is 4.79 Å². The fraction of sp³-hybridized carbons (Fsp3) is 0.250. The monoisotopic (exact) mass is 375 g/mol. The predicted octanol–water partition coefficient (Wildman–Crippen LogP) is 1.84. The summed E-state index contributed by atoms with van der Waals surface area (Å²) in [5.74, 6) is 1.49. The van der Waals surface area contributed by atoms with E-state index in [4.69, 9.17) is 0 Å². The van der Waals surface area contributed by atoms with Gasteiger partial charge in [0.25, 0.3) is 5.91 Å². The molecule has 3 aromatic heterocycles. The van der Waals surface area contributed by atoms with E-state index in [1.807, 2.05) is 35.2 Å². The minimum atomic E-state index is -0.0890. The molecule has 4 heterocycles. The van der Waals surface area contributed by atoms with E-state index in [0.29, 0.717) is 31.1 Å². The molecule has 8 nitrogen and oxygen atoms in total. The number of nitrogens with zero attached hydrogens (tertiary/aromatic N) is 6. The Morgan fingerprint density at radius 1 is 0.929 bits per heavy atom. The van der Waals surface area contributed by atoms with E-state index in [0.717, 1.165) is 24.5 Å². The largest absolute Gasteiger partial charge is 0.365 e. The Morgan fingerprint density at radius 3 is 2.43 bits per heavy atom. The van der Waals surface area contributed by atoms with Gasteiger partial charge in [-0.25, -0.2) is 4.98 Å². The molecule has 0 aromatic carbocycles. The molecule has 1 amide bonds. The van der Waals surface area contributed by atoms with Crippen LogP contribution in [0.15, 0.2) is 61.1 Å². The Bertz CT molecular complexity index is 895. The van der Waals surface area contributed by atoms with Gasteiger partial charge >= 0.3 is 0 Å². The van der Waals surface area contributed by atoms with E-state index in [2.05, 4.69) is 30.4 Å². The van der Waals surface area contributed by atoms with Gasteiger partial charge in [-0.05, 0) is 42.0 Å². The summed E-state index contributed by atoms with van der Waals surface area (Å²) in [4.78, 5) is 25.1. The molecule has 1 fully saturated rings. The number of amides is 1. The number of anilines is 2. The quantitative estimate of drug-likeness (QED) is 0.728. The van der Waals surface area contributed by atoms with Crippen molar-refractivity contribution < 1.29 is 4.79 Å². The van der Waals surface area contributed by atoms with Gasteiger partial charge in [0, 0.05) is 51.3 Å². The van der Waals surface area contributed by atoms with Crippen molar-refractivity contribution in [1.82, 2.24) is 25.1 Å². The third kappa shape index (κ3) is 4.22. The van der Waals surface area contributed by atoms with Gasteiger partial charge in [-0.3, -0.25) is 9.78 Å². The Balaban J connectivity index is 1.31. The lowest BCUT2D eigenvalue weighted by Crippen LogP contribution is -2.49. The Hall–Kier alpha value is -3.55. The summed E-state index contributed by atoms with van der Waals surface area (Å²) in [6, 6.07) is 13.2. The smallest absolute Gasteiger partial charge is 0.274 e. The molecule has 0 spiro atoms. The lowest BCUT2D eigenvalue weighted by molar-refractivity contribution is 0.0739. The first-order chi connectivity index (χ1) is 13.8. The van der Waals surface area contributed by atoms with Gasteiger partial charge in [0.05, 0.1) is 0 Å². The fourth-order valence-electron chi connectivity index (χ4n) is 3.08. The highest BCUT2D eigenvalue weighted by molar-refractivity contribution is 5.92. The number of carbonyl (C=O) groups is 1. The third-order valence-corrected chi connectivity index (χ3v) is 4.65. The van der Waals surface area contributed by atoms with E-state index in [1.54, 1.807) is 30.7 Å². The van der Waals surface area contributed by atoms with Gasteiger partial charge in [0.2, 0.25) is 0 Å². The van der Waals surface area contributed by atoms with Crippen LogP contribution in [-0.4, -0.2) is 57.2 Å². The molecule has 0 atom stereocenters. The summed E-state index contributed by atoms with van der Waals surface area (Å²) < 4.78 is 0. The van der Waals surface area contributed by atoms with Gasteiger partial charge in [-0.15, -0.1) is 10.2 Å². The summed E-state index contributed by atoms with van der Waals surface area (Å²) in [6.07, 6.45) is 5.28. The summed E-state index contributed by atoms with van der Waals surface area (Å²) in [5, 5.41) is 11.4. The van der Waals surface area contributed by atoms with Crippen LogP contribution < -0.4 is 10.2 Å². The van der Waals surface area contributed by atoms with Crippen molar-refractivity contribution in [1.29, 1.82) is 0 Å². The van der Waals surface area contributed by atoms with Crippen molar-refractivity contribution in [3.63, 3.8) is 0 Å². The van der Waals surface area contributed by atoms with E-state index in [1.165, 1.54) is 0 Å². The molecule has 1 aliphatic heterocycles. The number of nitrogens with one attached hydrogen (secondary N) is 1. The Labute approximate surface area is 163 Å². The second-order valence-corrected chi connectivity index (χ2v) is 6.48. The Morgan fingerprint density at radius 2 is 1.75 bits per heavy atom. The molecule has 4 rings (SSSR count). The van der Waals surface area contributed by atoms with Crippen molar-refractivity contribution in [2.75, 3.05) is 36.4 Å². The minimum Gasteiger partial charge on any atom is -0.365 e. The summed E-state index contributed by atoms with van der Waals surface area (Å²) >= 11 is 0. The van der Waals surface area contributed by atoms with Crippen LogP contribution in [0.25, 0.3) is 0 Å². The highest BCUT2D eigenvalue weighted by Crippen LogP contribution is 2.14. The molecule has 0 saturated carbocycles. The van der Waals surface area contributed by atoms with Crippen LogP contribution in [0.3, 0.4) is 0 Å². The molecule has 142 valence electrons. The van der Waals surface area contributed by atoms with Crippen LogP contribution in [0.5, 0.6) is 0 Å². The standard InChI is InChI=1S/C20H21N7O/c28-20(27-13-11-26(12-14-27)19-3-1-2-8-22-19)17-4-5-18(25-24-17)23-15-16-6-9-21-10-7-16/h1-10H,11-15H2,(H,23,25). The SMILES string of the molecule is O=C(c1ccc(NCc2ccncc2)nn1)N1CCN(c2ccccn2)CC1. The first-order valence-corrected chi connectivity index (χ1v) is 9.21. The second-order valence-electron chi connectivity index (χ2n) is 6.48. The molecular formula is C20H21N7O. The third-order valence-electron chi connectivity index (χ3n) is 4.65. The van der Waals surface area contributed by atoms with Crippen molar-refractivity contribution >= 4 is 17.5 Å². The van der Waals surface area contributed by atoms with Gasteiger partial charge in [-0.2, -0.15) is 0 Å². The van der Waals surface area contributed by atoms with Crippen LogP contribution in [0.4, 0.5) is 11.6 Å². The second kappa shape index (κ2) is 8.43. The van der Waals surface area contributed by atoms with Crippen LogP contribution in [0.2, 0.25) is 0 Å². The molecule has 3 aromatic rings. The summed E-state index contributed by atoms with van der Waals surface area (Å²) in [7, 11) is 0. The van der Waals surface area contributed by atoms with Crippen molar-refractivity contribution in [2.24, 2.45) is 0 Å². The maximum absolute atomic E-state index is 12.7. The van der Waals surface area contributed by atoms with E-state index < -0.39 is 0 Å². The normalized spacial score (nSPS) is 14.0. The zero-order valence-corrected chi connectivity index (χ0v) is 15.4. The Kier molecular flexibility index (Phi) is 5.37. The number of hydrogen-bond donors (Lipinski definition) is 1. The van der Waals surface area contributed by atoms with Crippen LogP contribution in [0, 0.1) is 0 Å². The van der Waals surface area contributed by atoms with Crippen molar-refractivity contribution in [2.45, 2.75) is 6.54 Å². The maximum Gasteiger partial charge on any atom is 0.274 e. The van der Waals surface area contributed by atoms with E-state index in [-0.39, 0.29) is 5.91 Å². The molecule has 0 unspecified atom stereocenters. The molecule has 0 bridgehead atoms. The van der Waals surface area contributed by atoms with Crippen LogP contribution in [0.1, 0.15) is 16.1 Å². The summed E-state index contributed by atoms with van der Waals surface area (Å²) in [5.41, 5.74) is 1.46. The first kappa shape index (κ1) is 17.8. The molecule has 1 N–H and O–H groups in total. The highest BCUT2D eigenvalue weighted by Gasteiger charge is 2.23. The average molecular weight is 375 g/mol. The number of aromatic nitrogens is 4. The number of hydrogen-bond acceptors (Lipinski definition) is 7. The average Bonchev–Trinajstić information content (AvgIpc) is 2.79. The van der Waals surface area contributed by atoms with Crippen LogP contribution in [-0.2, 0) is 6.54 Å². The molecular weight excluding hydrogens is 354 g/mol. The summed E-state index contributed by atoms with van der Waals surface area (Å²) in [6.45, 7) is 3.40. The number of pyridine rings is 2. The molecule has 0 aliphatic carbocycles. The highest BCUT2D eigenvalue weighted by atomic mass is 16.2. The number of rotatable bonds is 5.